The zero-order chi connectivity index (χ0) is 14.5. The van der Waals surface area contributed by atoms with Crippen molar-refractivity contribution in [2.75, 3.05) is 26.3 Å². The minimum Gasteiger partial charge on any atom is -0.391 e. The maximum Gasteiger partial charge on any atom is 0.0765 e. The molecule has 1 aromatic rings. The fraction of sp³-hybridized carbons (Fsp3) is 0.667. The van der Waals surface area contributed by atoms with Crippen LogP contribution in [0, 0.1) is 5.92 Å². The van der Waals surface area contributed by atoms with Gasteiger partial charge >= 0.3 is 0 Å². The first-order valence-corrected chi connectivity index (χ1v) is 8.41. The summed E-state index contributed by atoms with van der Waals surface area (Å²) in [6.07, 6.45) is 5.96. The Bertz CT molecular complexity index is 410. The summed E-state index contributed by atoms with van der Waals surface area (Å²) in [5, 5.41) is 11.1. The smallest absolute Gasteiger partial charge is 0.0765 e. The molecule has 0 amide bonds. The Morgan fingerprint density at radius 1 is 1.00 bits per heavy atom. The molecule has 1 saturated carbocycles. The molecule has 116 valence electrons. The summed E-state index contributed by atoms with van der Waals surface area (Å²) in [6.45, 7) is 3.40. The molecule has 1 aliphatic heterocycles. The molecule has 3 heteroatoms. The zero-order valence-electron chi connectivity index (χ0n) is 12.8. The Labute approximate surface area is 127 Å². The molecule has 0 bridgehead atoms. The predicted octanol–water partition coefficient (Wildman–Crippen LogP) is 3.00. The largest absolute Gasteiger partial charge is 0.391 e. The summed E-state index contributed by atoms with van der Waals surface area (Å²) < 4.78 is 5.49. The number of aliphatic hydroxyl groups excluding tert-OH is 1. The van der Waals surface area contributed by atoms with Crippen molar-refractivity contribution in [1.82, 2.24) is 4.90 Å². The molecular weight excluding hydrogens is 262 g/mol. The van der Waals surface area contributed by atoms with Gasteiger partial charge in [-0.1, -0.05) is 49.6 Å². The van der Waals surface area contributed by atoms with E-state index < -0.39 is 0 Å². The monoisotopic (exact) mass is 289 g/mol. The summed E-state index contributed by atoms with van der Waals surface area (Å²) in [5.41, 5.74) is 1.25. The molecule has 0 aromatic heterocycles. The summed E-state index contributed by atoms with van der Waals surface area (Å²) in [4.78, 5) is 2.41. The van der Waals surface area contributed by atoms with Gasteiger partial charge in [-0.25, -0.2) is 0 Å². The topological polar surface area (TPSA) is 32.7 Å². The molecule has 21 heavy (non-hydrogen) atoms. The third-order valence-electron chi connectivity index (χ3n) is 5.04. The van der Waals surface area contributed by atoms with Gasteiger partial charge in [-0.05, 0) is 24.3 Å². The summed E-state index contributed by atoms with van der Waals surface area (Å²) in [7, 11) is 0. The van der Waals surface area contributed by atoms with Gasteiger partial charge in [0, 0.05) is 13.1 Å². The summed E-state index contributed by atoms with van der Waals surface area (Å²) in [5.74, 6) is 0.451. The number of aliphatic hydroxyl groups is 1. The Kier molecular flexibility index (Phi) is 5.28. The Hall–Kier alpha value is -0.900. The third kappa shape index (κ3) is 3.65. The first-order valence-electron chi connectivity index (χ1n) is 8.41. The molecule has 1 N–H and O–H groups in total. The van der Waals surface area contributed by atoms with Crippen LogP contribution in [-0.4, -0.2) is 42.4 Å². The third-order valence-corrected chi connectivity index (χ3v) is 5.04. The van der Waals surface area contributed by atoms with Crippen LogP contribution >= 0.6 is 0 Å². The SMILES string of the molecule is O[C@H](C1CCCCC1)[C@H](c1ccccc1)N1CCOCC1. The number of morpholine rings is 1. The highest BCUT2D eigenvalue weighted by atomic mass is 16.5. The van der Waals surface area contributed by atoms with Crippen LogP contribution in [0.15, 0.2) is 30.3 Å². The van der Waals surface area contributed by atoms with Crippen molar-refractivity contribution in [2.45, 2.75) is 44.2 Å². The highest BCUT2D eigenvalue weighted by Crippen LogP contribution is 2.35. The number of benzene rings is 1. The van der Waals surface area contributed by atoms with Gasteiger partial charge in [0.25, 0.3) is 0 Å². The van der Waals surface area contributed by atoms with Crippen LogP contribution in [0.3, 0.4) is 0 Å². The van der Waals surface area contributed by atoms with Crippen molar-refractivity contribution in [3.05, 3.63) is 35.9 Å². The van der Waals surface area contributed by atoms with E-state index in [0.29, 0.717) is 5.92 Å². The van der Waals surface area contributed by atoms with E-state index in [9.17, 15) is 5.11 Å². The maximum absolute atomic E-state index is 11.1. The molecular formula is C18H27NO2. The minimum absolute atomic E-state index is 0.123. The van der Waals surface area contributed by atoms with Gasteiger partial charge in [-0.2, -0.15) is 0 Å². The van der Waals surface area contributed by atoms with Crippen molar-refractivity contribution in [3.8, 4) is 0 Å². The van der Waals surface area contributed by atoms with Crippen LogP contribution in [0.2, 0.25) is 0 Å². The predicted molar refractivity (Wildman–Crippen MR) is 84.2 cm³/mol. The fourth-order valence-electron chi connectivity index (χ4n) is 3.86. The lowest BCUT2D eigenvalue weighted by Gasteiger charge is -2.41. The van der Waals surface area contributed by atoms with Crippen molar-refractivity contribution in [2.24, 2.45) is 5.92 Å². The molecule has 2 atom stereocenters. The van der Waals surface area contributed by atoms with Gasteiger partial charge in [-0.3, -0.25) is 4.90 Å². The van der Waals surface area contributed by atoms with Gasteiger partial charge in [0.2, 0.25) is 0 Å². The van der Waals surface area contributed by atoms with Crippen molar-refractivity contribution in [1.29, 1.82) is 0 Å². The lowest BCUT2D eigenvalue weighted by atomic mass is 9.80. The second-order valence-electron chi connectivity index (χ2n) is 6.39. The number of rotatable bonds is 4. The average molecular weight is 289 g/mol. The average Bonchev–Trinajstić information content (AvgIpc) is 2.58. The second kappa shape index (κ2) is 7.39. The maximum atomic E-state index is 11.1. The first kappa shape index (κ1) is 15.0. The summed E-state index contributed by atoms with van der Waals surface area (Å²) >= 11 is 0. The van der Waals surface area contributed by atoms with E-state index >= 15 is 0 Å². The molecule has 0 radical (unpaired) electrons. The molecule has 0 spiro atoms. The van der Waals surface area contributed by atoms with Crippen LogP contribution in [0.25, 0.3) is 0 Å². The van der Waals surface area contributed by atoms with Crippen LogP contribution in [0.4, 0.5) is 0 Å². The van der Waals surface area contributed by atoms with E-state index in [1.54, 1.807) is 0 Å². The van der Waals surface area contributed by atoms with Gasteiger partial charge in [0.05, 0.1) is 25.4 Å². The minimum atomic E-state index is -0.259. The number of hydrogen-bond donors (Lipinski definition) is 1. The van der Waals surface area contributed by atoms with Gasteiger partial charge < -0.3 is 9.84 Å². The van der Waals surface area contributed by atoms with Gasteiger partial charge in [0.1, 0.15) is 0 Å². The van der Waals surface area contributed by atoms with Crippen molar-refractivity contribution < 1.29 is 9.84 Å². The number of ether oxygens (including phenoxy) is 1. The zero-order valence-corrected chi connectivity index (χ0v) is 12.8. The van der Waals surface area contributed by atoms with Gasteiger partial charge in [-0.15, -0.1) is 0 Å². The lowest BCUT2D eigenvalue weighted by Crippen LogP contribution is -2.46. The van der Waals surface area contributed by atoms with E-state index in [2.05, 4.69) is 29.2 Å². The van der Waals surface area contributed by atoms with E-state index in [1.165, 1.54) is 37.7 Å². The molecule has 1 saturated heterocycles. The quantitative estimate of drug-likeness (QED) is 0.925. The second-order valence-corrected chi connectivity index (χ2v) is 6.39. The number of hydrogen-bond acceptors (Lipinski definition) is 3. The Morgan fingerprint density at radius 3 is 2.33 bits per heavy atom. The standard InChI is InChI=1S/C18H27NO2/c20-18(16-9-5-2-6-10-16)17(15-7-3-1-4-8-15)19-11-13-21-14-12-19/h1,3-4,7-8,16-18,20H,2,5-6,9-14H2/t17-,18+/m0/s1. The molecule has 3 rings (SSSR count). The fourth-order valence-corrected chi connectivity index (χ4v) is 3.86. The van der Waals surface area contributed by atoms with Crippen LogP contribution in [-0.2, 0) is 4.74 Å². The van der Waals surface area contributed by atoms with Crippen LogP contribution in [0.1, 0.15) is 43.7 Å². The molecule has 0 unspecified atom stereocenters. The van der Waals surface area contributed by atoms with Crippen molar-refractivity contribution in [3.63, 3.8) is 0 Å². The lowest BCUT2D eigenvalue weighted by molar-refractivity contribution is -0.0459. The molecule has 2 aliphatic rings. The Balaban J connectivity index is 1.80. The molecule has 1 heterocycles. The highest BCUT2D eigenvalue weighted by Gasteiger charge is 2.34. The molecule has 1 aromatic carbocycles. The normalized spacial score (nSPS) is 24.6. The van der Waals surface area contributed by atoms with E-state index in [0.717, 1.165) is 26.3 Å². The van der Waals surface area contributed by atoms with Crippen molar-refractivity contribution >= 4 is 0 Å². The molecule has 2 fully saturated rings. The van der Waals surface area contributed by atoms with E-state index in [4.69, 9.17) is 4.74 Å². The van der Waals surface area contributed by atoms with Gasteiger partial charge in [0.15, 0.2) is 0 Å². The molecule has 1 aliphatic carbocycles. The van der Waals surface area contributed by atoms with Crippen LogP contribution in [0.5, 0.6) is 0 Å². The van der Waals surface area contributed by atoms with E-state index in [-0.39, 0.29) is 12.1 Å². The molecule has 3 nitrogen and oxygen atoms in total. The Morgan fingerprint density at radius 2 is 1.67 bits per heavy atom. The highest BCUT2D eigenvalue weighted by molar-refractivity contribution is 5.21. The number of nitrogens with zero attached hydrogens (tertiary/aromatic N) is 1. The van der Waals surface area contributed by atoms with Crippen LogP contribution < -0.4 is 0 Å². The first-order chi connectivity index (χ1) is 10.4. The van der Waals surface area contributed by atoms with E-state index in [1.807, 2.05) is 6.07 Å². The summed E-state index contributed by atoms with van der Waals surface area (Å²) in [6, 6.07) is 10.6.